The molecule has 3 nitrogen and oxygen atoms in total. The number of halogens is 7. The van der Waals surface area contributed by atoms with E-state index in [2.05, 4.69) is 9.72 Å². The van der Waals surface area contributed by atoms with Crippen molar-refractivity contribution < 1.29 is 22.3 Å². The van der Waals surface area contributed by atoms with Gasteiger partial charge in [0.25, 0.3) is 0 Å². The summed E-state index contributed by atoms with van der Waals surface area (Å²) in [6.07, 6.45) is -3.56. The van der Waals surface area contributed by atoms with E-state index >= 15 is 0 Å². The number of imidazole rings is 1. The summed E-state index contributed by atoms with van der Waals surface area (Å²) in [7, 11) is 0. The van der Waals surface area contributed by atoms with Gasteiger partial charge in [-0.3, -0.25) is 4.57 Å². The lowest BCUT2D eigenvalue weighted by Gasteiger charge is -2.14. The van der Waals surface area contributed by atoms with Gasteiger partial charge in [-0.25, -0.2) is 9.37 Å². The first kappa shape index (κ1) is 17.5. The van der Waals surface area contributed by atoms with Crippen molar-refractivity contribution in [3.05, 3.63) is 33.5 Å². The average molecular weight is 396 g/mol. The van der Waals surface area contributed by atoms with Crippen LogP contribution in [0.1, 0.15) is 0 Å². The quantitative estimate of drug-likeness (QED) is 0.487. The zero-order valence-electron chi connectivity index (χ0n) is 10.3. The van der Waals surface area contributed by atoms with Crippen LogP contribution in [-0.2, 0) is 0 Å². The molecule has 0 fully saturated rings. The van der Waals surface area contributed by atoms with Crippen LogP contribution >= 0.6 is 46.6 Å². The Balaban J connectivity index is 2.49. The van der Waals surface area contributed by atoms with Crippen LogP contribution in [0.25, 0.3) is 5.69 Å². The molecule has 0 bridgehead atoms. The molecule has 1 aromatic carbocycles. The smallest absolute Gasteiger partial charge is 0.406 e. The minimum absolute atomic E-state index is 0.0544. The third-order valence-corrected chi connectivity index (χ3v) is 3.71. The third-order valence-electron chi connectivity index (χ3n) is 2.29. The highest BCUT2D eigenvalue weighted by molar-refractivity contribution is 7.99. The largest absolute Gasteiger partial charge is 0.573 e. The first-order valence-corrected chi connectivity index (χ1v) is 7.52. The Morgan fingerprint density at radius 3 is 2.27 bits per heavy atom. The molecule has 1 aromatic heterocycles. The van der Waals surface area contributed by atoms with E-state index in [0.717, 1.165) is 23.9 Å². The topological polar surface area (TPSA) is 27.1 Å². The second-order valence-corrected chi connectivity index (χ2v) is 5.83. The summed E-state index contributed by atoms with van der Waals surface area (Å²) in [6, 6.07) is 1.10. The summed E-state index contributed by atoms with van der Waals surface area (Å²) in [6.45, 7) is 0. The Labute approximate surface area is 141 Å². The molecular weight excluding hydrogens is 391 g/mol. The van der Waals surface area contributed by atoms with E-state index in [1.54, 1.807) is 0 Å². The molecule has 2 rings (SSSR count). The van der Waals surface area contributed by atoms with Gasteiger partial charge in [-0.2, -0.15) is 0 Å². The van der Waals surface area contributed by atoms with Gasteiger partial charge in [0.1, 0.15) is 16.9 Å². The Morgan fingerprint density at radius 1 is 1.18 bits per heavy atom. The summed E-state index contributed by atoms with van der Waals surface area (Å²) in [4.78, 5) is 3.86. The molecule has 0 spiro atoms. The first-order chi connectivity index (χ1) is 10.2. The molecule has 2 aromatic rings. The van der Waals surface area contributed by atoms with Crippen molar-refractivity contribution in [3.63, 3.8) is 0 Å². The summed E-state index contributed by atoms with van der Waals surface area (Å²) in [5.41, 5.74) is 0.119. The van der Waals surface area contributed by atoms with Crippen LogP contribution in [0.3, 0.4) is 0 Å². The monoisotopic (exact) mass is 394 g/mol. The lowest BCUT2D eigenvalue weighted by atomic mass is 10.3. The SMILES string of the molecule is FCSc1nc(Cl)cn1-c1c(Cl)cc(OC(F)(F)F)cc1Cl. The molecule has 0 unspecified atom stereocenters. The maximum atomic E-state index is 12.5. The number of nitrogens with zero attached hydrogens (tertiary/aromatic N) is 2. The second kappa shape index (κ2) is 6.74. The van der Waals surface area contributed by atoms with E-state index in [1.807, 2.05) is 0 Å². The van der Waals surface area contributed by atoms with E-state index in [1.165, 1.54) is 10.8 Å². The summed E-state index contributed by atoms with van der Waals surface area (Å²) < 4.78 is 54.2. The van der Waals surface area contributed by atoms with Gasteiger partial charge in [0.05, 0.1) is 15.7 Å². The zero-order valence-corrected chi connectivity index (χ0v) is 13.4. The van der Waals surface area contributed by atoms with Gasteiger partial charge in [-0.05, 0) is 0 Å². The van der Waals surface area contributed by atoms with Gasteiger partial charge in [-0.1, -0.05) is 46.6 Å². The second-order valence-electron chi connectivity index (χ2n) is 3.75. The number of thioether (sulfide) groups is 1. The number of rotatable bonds is 4. The average Bonchev–Trinajstić information content (AvgIpc) is 2.67. The first-order valence-electron chi connectivity index (χ1n) is 5.40. The van der Waals surface area contributed by atoms with Gasteiger partial charge in [0.15, 0.2) is 5.16 Å². The fourth-order valence-electron chi connectivity index (χ4n) is 1.61. The molecule has 0 aliphatic rings. The molecule has 0 saturated heterocycles. The summed E-state index contributed by atoms with van der Waals surface area (Å²) >= 11 is 18.4. The van der Waals surface area contributed by atoms with Crippen molar-refractivity contribution in [3.8, 4) is 11.4 Å². The molecular formula is C11H5Cl3F4N2OS. The van der Waals surface area contributed by atoms with Crippen molar-refractivity contribution in [2.45, 2.75) is 11.5 Å². The van der Waals surface area contributed by atoms with Crippen molar-refractivity contribution in [2.75, 3.05) is 6.01 Å². The Kier molecular flexibility index (Phi) is 5.37. The Bertz CT molecular complexity index is 669. The van der Waals surface area contributed by atoms with Gasteiger partial charge >= 0.3 is 6.36 Å². The van der Waals surface area contributed by atoms with Crippen molar-refractivity contribution in [1.29, 1.82) is 0 Å². The van der Waals surface area contributed by atoms with Crippen molar-refractivity contribution in [1.82, 2.24) is 9.55 Å². The number of benzene rings is 1. The predicted octanol–water partition coefficient (Wildman–Crippen LogP) is 5.75. The Hall–Kier alpha value is -0.830. The van der Waals surface area contributed by atoms with Gasteiger partial charge in [0, 0.05) is 18.3 Å². The molecule has 0 saturated carbocycles. The number of alkyl halides is 4. The van der Waals surface area contributed by atoms with E-state index in [9.17, 15) is 17.6 Å². The molecule has 0 amide bonds. The normalized spacial score (nSPS) is 11.8. The minimum atomic E-state index is -4.87. The van der Waals surface area contributed by atoms with Gasteiger partial charge in [-0.15, -0.1) is 13.2 Å². The number of aromatic nitrogens is 2. The van der Waals surface area contributed by atoms with Crippen LogP contribution in [0, 0.1) is 0 Å². The highest BCUT2D eigenvalue weighted by atomic mass is 35.5. The molecule has 0 radical (unpaired) electrons. The van der Waals surface area contributed by atoms with Crippen LogP contribution in [0.4, 0.5) is 17.6 Å². The molecule has 0 N–H and O–H groups in total. The van der Waals surface area contributed by atoms with Crippen molar-refractivity contribution >= 4 is 46.6 Å². The molecule has 0 aliphatic carbocycles. The highest BCUT2D eigenvalue weighted by Crippen LogP contribution is 2.37. The minimum Gasteiger partial charge on any atom is -0.406 e. The zero-order chi connectivity index (χ0) is 16.5. The lowest BCUT2D eigenvalue weighted by molar-refractivity contribution is -0.274. The molecule has 0 atom stereocenters. The van der Waals surface area contributed by atoms with Crippen LogP contribution in [0.2, 0.25) is 15.2 Å². The maximum Gasteiger partial charge on any atom is 0.573 e. The third kappa shape index (κ3) is 4.13. The molecule has 1 heterocycles. The van der Waals surface area contributed by atoms with E-state index in [0.29, 0.717) is 0 Å². The lowest BCUT2D eigenvalue weighted by Crippen LogP contribution is -2.17. The molecule has 11 heteroatoms. The predicted molar refractivity (Wildman–Crippen MR) is 77.1 cm³/mol. The molecule has 0 aliphatic heterocycles. The fourth-order valence-corrected chi connectivity index (χ4v) is 3.03. The number of ether oxygens (including phenoxy) is 1. The van der Waals surface area contributed by atoms with E-state index in [4.69, 9.17) is 34.8 Å². The van der Waals surface area contributed by atoms with E-state index < -0.39 is 18.1 Å². The molecule has 22 heavy (non-hydrogen) atoms. The number of hydrogen-bond donors (Lipinski definition) is 0. The molecule has 120 valence electrons. The van der Waals surface area contributed by atoms with Crippen molar-refractivity contribution in [2.24, 2.45) is 0 Å². The summed E-state index contributed by atoms with van der Waals surface area (Å²) in [5, 5.41) is -0.0671. The Morgan fingerprint density at radius 2 is 1.77 bits per heavy atom. The van der Waals surface area contributed by atoms with Crippen LogP contribution in [0.15, 0.2) is 23.5 Å². The van der Waals surface area contributed by atoms with Crippen LogP contribution in [-0.4, -0.2) is 21.9 Å². The highest BCUT2D eigenvalue weighted by Gasteiger charge is 2.31. The fraction of sp³-hybridized carbons (Fsp3) is 0.182. The standard InChI is InChI=1S/C11H5Cl3F4N2OS/c12-6-1-5(21-11(16,17)18)2-7(13)9(6)20-3-8(14)19-10(20)22-4-15/h1-3H,4H2. The maximum absolute atomic E-state index is 12.5. The van der Waals surface area contributed by atoms with Crippen LogP contribution in [0.5, 0.6) is 5.75 Å². The summed E-state index contributed by atoms with van der Waals surface area (Å²) in [5.74, 6) is -0.572. The van der Waals surface area contributed by atoms with Gasteiger partial charge in [0.2, 0.25) is 0 Å². The number of hydrogen-bond acceptors (Lipinski definition) is 3. The van der Waals surface area contributed by atoms with Crippen LogP contribution < -0.4 is 4.74 Å². The van der Waals surface area contributed by atoms with Gasteiger partial charge < -0.3 is 4.74 Å². The van der Waals surface area contributed by atoms with E-state index in [-0.39, 0.29) is 26.0 Å².